The third kappa shape index (κ3) is 19.1. The van der Waals surface area contributed by atoms with Crippen molar-refractivity contribution in [3.8, 4) is 0 Å². The highest BCUT2D eigenvalue weighted by molar-refractivity contribution is 5.75. The van der Waals surface area contributed by atoms with Gasteiger partial charge in [0.2, 0.25) is 0 Å². The van der Waals surface area contributed by atoms with Crippen molar-refractivity contribution < 1.29 is 14.3 Å². The summed E-state index contributed by atoms with van der Waals surface area (Å²) in [5.74, 6) is 4.00. The van der Waals surface area contributed by atoms with Crippen LogP contribution < -0.4 is 27.0 Å². The number of ether oxygens (including phenoxy) is 1. The summed E-state index contributed by atoms with van der Waals surface area (Å²) in [7, 11) is 1.50. The summed E-state index contributed by atoms with van der Waals surface area (Å²) < 4.78 is 5.59. The highest BCUT2D eigenvalue weighted by Gasteiger charge is 2.45. The van der Waals surface area contributed by atoms with Crippen molar-refractivity contribution in [3.63, 3.8) is 0 Å². The van der Waals surface area contributed by atoms with Crippen LogP contribution in [0.4, 0.5) is 9.59 Å². The number of amides is 3. The summed E-state index contributed by atoms with van der Waals surface area (Å²) in [6, 6.07) is -0.622. The molecule has 8 heteroatoms. The first kappa shape index (κ1) is 51.4. The smallest absolute Gasteiger partial charge is 0.407 e. The number of hydrogen-bond acceptors (Lipinski definition) is 5. The number of carbonyl (C=O) groups is 2. The average Bonchev–Trinajstić information content (AvgIpc) is 3.97. The van der Waals surface area contributed by atoms with Crippen molar-refractivity contribution in [1.29, 1.82) is 0 Å². The molecule has 0 spiro atoms. The second-order valence-corrected chi connectivity index (χ2v) is 20.1. The molecule has 0 heterocycles. The molecule has 5 fully saturated rings. The Morgan fingerprint density at radius 2 is 1.45 bits per heavy atom. The van der Waals surface area contributed by atoms with E-state index in [0.29, 0.717) is 24.3 Å². The predicted octanol–water partition coefficient (Wildman–Crippen LogP) is 12.0. The molecule has 5 aliphatic carbocycles. The van der Waals surface area contributed by atoms with Gasteiger partial charge in [-0.25, -0.2) is 9.59 Å². The molecular formula is C50H91N5O3. The fraction of sp³-hybridized carbons (Fsp3) is 0.800. The van der Waals surface area contributed by atoms with E-state index < -0.39 is 6.09 Å². The highest BCUT2D eigenvalue weighted by Crippen LogP contribution is 2.51. The van der Waals surface area contributed by atoms with E-state index in [1.54, 1.807) is 0 Å². The molecule has 0 aromatic heterocycles. The van der Waals surface area contributed by atoms with Gasteiger partial charge in [-0.3, -0.25) is 0 Å². The Labute approximate surface area is 357 Å². The maximum absolute atomic E-state index is 13.9. The fourth-order valence-electron chi connectivity index (χ4n) is 8.12. The van der Waals surface area contributed by atoms with Gasteiger partial charge in [0.25, 0.3) is 0 Å². The fourth-order valence-corrected chi connectivity index (χ4v) is 8.12. The maximum Gasteiger partial charge on any atom is 0.407 e. The molecule has 5 saturated carbocycles. The number of carbonyl (C=O) groups excluding carboxylic acids is 2. The van der Waals surface area contributed by atoms with E-state index >= 15 is 0 Å². The molecule has 3 amide bonds. The minimum atomic E-state index is -0.420. The molecule has 4 unspecified atom stereocenters. The van der Waals surface area contributed by atoms with E-state index in [1.165, 1.54) is 64.8 Å². The lowest BCUT2D eigenvalue weighted by Crippen LogP contribution is -2.56. The van der Waals surface area contributed by atoms with Gasteiger partial charge in [-0.05, 0) is 111 Å². The molecule has 0 saturated heterocycles. The summed E-state index contributed by atoms with van der Waals surface area (Å²) in [5.41, 5.74) is 8.35. The first-order chi connectivity index (χ1) is 27.4. The predicted molar refractivity (Wildman–Crippen MR) is 248 cm³/mol. The van der Waals surface area contributed by atoms with Crippen molar-refractivity contribution >= 4 is 12.1 Å². The number of urea groups is 1. The minimum absolute atomic E-state index is 0.0862. The van der Waals surface area contributed by atoms with E-state index in [4.69, 9.17) is 11.3 Å². The van der Waals surface area contributed by atoms with Gasteiger partial charge in [0, 0.05) is 18.2 Å². The molecule has 334 valence electrons. The second-order valence-electron chi connectivity index (χ2n) is 20.1. The van der Waals surface area contributed by atoms with Crippen molar-refractivity contribution in [3.05, 3.63) is 48.7 Å². The quantitative estimate of drug-likeness (QED) is 0.0620. The number of hydrogen-bond donors (Lipinski definition) is 5. The van der Waals surface area contributed by atoms with Crippen LogP contribution in [0.15, 0.2) is 48.7 Å². The van der Waals surface area contributed by atoms with E-state index in [2.05, 4.69) is 109 Å². The lowest BCUT2D eigenvalue weighted by atomic mass is 9.67. The monoisotopic (exact) mass is 810 g/mol. The van der Waals surface area contributed by atoms with Crippen LogP contribution in [0.25, 0.3) is 0 Å². The number of rotatable bonds is 20. The number of nitrogens with one attached hydrogen (secondary N) is 4. The lowest BCUT2D eigenvalue weighted by molar-refractivity contribution is 0.106. The highest BCUT2D eigenvalue weighted by atomic mass is 16.5. The van der Waals surface area contributed by atoms with Crippen molar-refractivity contribution in [1.82, 2.24) is 21.3 Å². The molecule has 5 rings (SSSR count). The van der Waals surface area contributed by atoms with Gasteiger partial charge in [-0.15, -0.1) is 0 Å². The van der Waals surface area contributed by atoms with Crippen LogP contribution in [-0.2, 0) is 4.74 Å². The summed E-state index contributed by atoms with van der Waals surface area (Å²) in [6.07, 6.45) is 19.9. The second kappa shape index (κ2) is 25.1. The van der Waals surface area contributed by atoms with E-state index in [-0.39, 0.29) is 47.5 Å². The molecule has 8 nitrogen and oxygen atoms in total. The maximum atomic E-state index is 13.9. The molecule has 58 heavy (non-hydrogen) atoms. The third-order valence-electron chi connectivity index (χ3n) is 13.0. The third-order valence-corrected chi connectivity index (χ3v) is 13.0. The van der Waals surface area contributed by atoms with Gasteiger partial charge in [0.05, 0.1) is 18.1 Å². The molecule has 0 aromatic carbocycles. The first-order valence-electron chi connectivity index (χ1n) is 23.4. The average molecular weight is 810 g/mol. The molecule has 5 aliphatic rings. The Balaban J connectivity index is 0.00000116. The Morgan fingerprint density at radius 1 is 0.879 bits per heavy atom. The van der Waals surface area contributed by atoms with Gasteiger partial charge in [0.15, 0.2) is 0 Å². The van der Waals surface area contributed by atoms with Crippen LogP contribution in [0, 0.1) is 46.3 Å². The Kier molecular flexibility index (Phi) is 22.3. The van der Waals surface area contributed by atoms with Crippen molar-refractivity contribution in [2.45, 2.75) is 190 Å². The summed E-state index contributed by atoms with van der Waals surface area (Å²) in [4.78, 5) is 26.3. The zero-order valence-electron chi connectivity index (χ0n) is 39.3. The van der Waals surface area contributed by atoms with Crippen LogP contribution in [0.5, 0.6) is 0 Å². The minimum Gasteiger partial charge on any atom is -0.447 e. The molecule has 0 radical (unpaired) electrons. The van der Waals surface area contributed by atoms with E-state index in [9.17, 15) is 9.59 Å². The van der Waals surface area contributed by atoms with Gasteiger partial charge in [0.1, 0.15) is 6.61 Å². The van der Waals surface area contributed by atoms with E-state index in [0.717, 1.165) is 85.6 Å². The summed E-state index contributed by atoms with van der Waals surface area (Å²) >= 11 is 0. The Bertz CT molecular complexity index is 1300. The van der Waals surface area contributed by atoms with Crippen LogP contribution >= 0.6 is 0 Å². The van der Waals surface area contributed by atoms with Crippen LogP contribution in [0.2, 0.25) is 0 Å². The molecule has 6 N–H and O–H groups in total. The summed E-state index contributed by atoms with van der Waals surface area (Å²) in [5, 5.41) is 13.3. The van der Waals surface area contributed by atoms with Gasteiger partial charge >= 0.3 is 12.1 Å². The van der Waals surface area contributed by atoms with Crippen LogP contribution in [-0.4, -0.2) is 50.4 Å². The Hall–Kier alpha value is -2.74. The van der Waals surface area contributed by atoms with Crippen LogP contribution in [0.1, 0.15) is 171 Å². The topological polar surface area (TPSA) is 118 Å². The van der Waals surface area contributed by atoms with Crippen molar-refractivity contribution in [2.75, 3.05) is 20.2 Å². The van der Waals surface area contributed by atoms with Gasteiger partial charge in [-0.1, -0.05) is 151 Å². The first-order valence-corrected chi connectivity index (χ1v) is 23.4. The number of allylic oxidation sites excluding steroid dienone is 1. The zero-order chi connectivity index (χ0) is 43.6. The molecule has 0 bridgehead atoms. The molecule has 0 aliphatic heterocycles. The van der Waals surface area contributed by atoms with E-state index in [1.807, 2.05) is 0 Å². The number of alkyl carbamates (subject to hydrolysis) is 1. The molecule has 0 aromatic rings. The largest absolute Gasteiger partial charge is 0.447 e. The Morgan fingerprint density at radius 3 is 1.91 bits per heavy atom. The van der Waals surface area contributed by atoms with Crippen molar-refractivity contribution in [2.24, 2.45) is 52.1 Å². The molecular weight excluding hydrogens is 719 g/mol. The van der Waals surface area contributed by atoms with Crippen LogP contribution in [0.3, 0.4) is 0 Å². The SMILES string of the molecule is C=C(C)C(=C)C(CCC1CC1)NC(=C)C(CC(=C)C(NC(=O)NC(COC(=O)NCC1CC1)C(C)(C)C)C1(C)CCCCC1)[C@H]1C[C@H]1CC.CC1CC1.CCC.CN. The standard InChI is InChI=1S/C42H70N4O3.C4H8.C3H8.CH5N/c1-11-33-24-35(33)34(30(6)44-36(29(5)27(2)3)20-19-31-15-16-31)23-28(4)38(42(10)21-13-12-14-22-42)46-39(47)45-37(41(7,8)9)26-49-40(48)43-25-32-17-18-32;1-4-2-3-4;1-3-2;1-2/h31-38,44H,2,4-6,11-26H2,1,3,7-10H3,(H,43,48)(H2,45,46,47);4H,2-3H2,1H3;3H2,1-2H3;2H2,1H3/t33-,34?,35+,36?,37?,38?;;;/m1.../s1. The normalized spacial score (nSPS) is 22.5. The van der Waals surface area contributed by atoms with Gasteiger partial charge < -0.3 is 31.7 Å². The van der Waals surface area contributed by atoms with Gasteiger partial charge in [-0.2, -0.15) is 0 Å². The number of nitrogens with two attached hydrogens (primary N) is 1. The molecule has 6 atom stereocenters. The summed E-state index contributed by atoms with van der Waals surface area (Å²) in [6.45, 7) is 38.2. The lowest BCUT2D eigenvalue weighted by Gasteiger charge is -2.43. The zero-order valence-corrected chi connectivity index (χ0v) is 39.3.